The van der Waals surface area contributed by atoms with Crippen LogP contribution in [0.15, 0.2) is 30.9 Å². The average molecular weight is 277 g/mol. The van der Waals surface area contributed by atoms with Crippen LogP contribution in [0.4, 0.5) is 10.1 Å². The van der Waals surface area contributed by atoms with E-state index < -0.39 is 11.9 Å². The predicted octanol–water partition coefficient (Wildman–Crippen LogP) is 1.33. The number of nitrogens with zero attached hydrogens (tertiary/aromatic N) is 3. The molecule has 0 radical (unpaired) electrons. The summed E-state index contributed by atoms with van der Waals surface area (Å²) in [5.74, 6) is -0.839. The van der Waals surface area contributed by atoms with Crippen molar-refractivity contribution in [3.8, 4) is 5.69 Å². The number of hydrogen-bond acceptors (Lipinski definition) is 4. The van der Waals surface area contributed by atoms with Crippen molar-refractivity contribution in [2.24, 2.45) is 11.7 Å². The Kier molecular flexibility index (Phi) is 4.09. The van der Waals surface area contributed by atoms with Gasteiger partial charge in [0.1, 0.15) is 18.3 Å². The number of nitrogens with two attached hydrogens (primary N) is 1. The molecule has 0 aliphatic rings. The fraction of sp³-hybridized carbons (Fsp3) is 0.308. The van der Waals surface area contributed by atoms with Gasteiger partial charge in [0.25, 0.3) is 0 Å². The molecule has 6 nitrogen and oxygen atoms in total. The monoisotopic (exact) mass is 277 g/mol. The van der Waals surface area contributed by atoms with Crippen LogP contribution in [0.1, 0.15) is 13.8 Å². The van der Waals surface area contributed by atoms with E-state index >= 15 is 0 Å². The fourth-order valence-electron chi connectivity index (χ4n) is 1.63. The number of benzene rings is 1. The summed E-state index contributed by atoms with van der Waals surface area (Å²) in [4.78, 5) is 15.5. The molecule has 0 bridgehead atoms. The number of anilines is 1. The zero-order chi connectivity index (χ0) is 14.7. The van der Waals surface area contributed by atoms with Gasteiger partial charge in [0.15, 0.2) is 5.82 Å². The molecule has 0 aliphatic heterocycles. The van der Waals surface area contributed by atoms with Gasteiger partial charge in [-0.15, -0.1) is 0 Å². The van der Waals surface area contributed by atoms with Crippen molar-refractivity contribution in [1.82, 2.24) is 14.8 Å². The molecule has 1 amide bonds. The van der Waals surface area contributed by atoms with Crippen LogP contribution in [0, 0.1) is 11.7 Å². The molecule has 0 spiro atoms. The highest BCUT2D eigenvalue weighted by atomic mass is 19.1. The molecular weight excluding hydrogens is 261 g/mol. The molecule has 1 heterocycles. The van der Waals surface area contributed by atoms with Gasteiger partial charge in [-0.3, -0.25) is 4.79 Å². The number of halogens is 1. The lowest BCUT2D eigenvalue weighted by Gasteiger charge is -2.15. The van der Waals surface area contributed by atoms with E-state index in [2.05, 4.69) is 15.4 Å². The molecule has 0 saturated heterocycles. The highest BCUT2D eigenvalue weighted by molar-refractivity contribution is 5.94. The summed E-state index contributed by atoms with van der Waals surface area (Å²) in [6, 6.07) is 3.70. The van der Waals surface area contributed by atoms with Gasteiger partial charge < -0.3 is 11.1 Å². The largest absolute Gasteiger partial charge is 0.325 e. The maximum Gasteiger partial charge on any atom is 0.241 e. The number of carbonyl (C=O) groups is 1. The minimum absolute atomic E-state index is 0.00858. The molecule has 0 aliphatic carbocycles. The highest BCUT2D eigenvalue weighted by Crippen LogP contribution is 2.17. The molecule has 7 heteroatoms. The first-order valence-electron chi connectivity index (χ1n) is 6.20. The predicted molar refractivity (Wildman–Crippen MR) is 72.8 cm³/mol. The van der Waals surface area contributed by atoms with Gasteiger partial charge in [0.2, 0.25) is 5.91 Å². The quantitative estimate of drug-likeness (QED) is 0.882. The second-order valence-electron chi connectivity index (χ2n) is 4.77. The molecule has 106 valence electrons. The molecule has 0 unspecified atom stereocenters. The van der Waals surface area contributed by atoms with Gasteiger partial charge in [-0.25, -0.2) is 14.1 Å². The third kappa shape index (κ3) is 3.00. The van der Waals surface area contributed by atoms with E-state index in [1.807, 2.05) is 13.8 Å². The smallest absolute Gasteiger partial charge is 0.241 e. The molecule has 20 heavy (non-hydrogen) atoms. The third-order valence-electron chi connectivity index (χ3n) is 2.90. The summed E-state index contributed by atoms with van der Waals surface area (Å²) in [6.45, 7) is 3.69. The summed E-state index contributed by atoms with van der Waals surface area (Å²) in [5.41, 5.74) is 6.34. The lowest BCUT2D eigenvalue weighted by Crippen LogP contribution is -2.39. The second kappa shape index (κ2) is 5.79. The van der Waals surface area contributed by atoms with E-state index in [0.717, 1.165) is 0 Å². The van der Waals surface area contributed by atoms with E-state index in [1.54, 1.807) is 6.07 Å². The lowest BCUT2D eigenvalue weighted by atomic mass is 10.0. The summed E-state index contributed by atoms with van der Waals surface area (Å²) in [6.07, 6.45) is 2.71. The van der Waals surface area contributed by atoms with E-state index in [0.29, 0.717) is 5.69 Å². The van der Waals surface area contributed by atoms with Crippen LogP contribution < -0.4 is 11.1 Å². The van der Waals surface area contributed by atoms with E-state index in [-0.39, 0.29) is 17.5 Å². The number of rotatable bonds is 4. The van der Waals surface area contributed by atoms with Crippen molar-refractivity contribution in [3.63, 3.8) is 0 Å². The van der Waals surface area contributed by atoms with E-state index in [1.165, 1.54) is 29.5 Å². The fourth-order valence-corrected chi connectivity index (χ4v) is 1.63. The first-order chi connectivity index (χ1) is 9.49. The normalized spacial score (nSPS) is 12.4. The van der Waals surface area contributed by atoms with Crippen LogP contribution in [-0.4, -0.2) is 26.7 Å². The molecule has 3 N–H and O–H groups in total. The summed E-state index contributed by atoms with van der Waals surface area (Å²) in [7, 11) is 0. The van der Waals surface area contributed by atoms with Gasteiger partial charge in [0.05, 0.1) is 6.04 Å². The maximum absolute atomic E-state index is 14.0. The standard InChI is InChI=1S/C13H16FN5O/c1-8(2)12(15)13(20)18-9-3-4-11(10(14)5-9)19-7-16-6-17-19/h3-8,12H,15H2,1-2H3,(H,18,20)/t12-/m1/s1. The van der Waals surface area contributed by atoms with Crippen molar-refractivity contribution < 1.29 is 9.18 Å². The highest BCUT2D eigenvalue weighted by Gasteiger charge is 2.17. The van der Waals surface area contributed by atoms with Gasteiger partial charge in [-0.05, 0) is 24.1 Å². The van der Waals surface area contributed by atoms with Crippen molar-refractivity contribution >= 4 is 11.6 Å². The molecule has 1 aromatic heterocycles. The minimum atomic E-state index is -0.631. The summed E-state index contributed by atoms with van der Waals surface area (Å²) in [5, 5.41) is 6.43. The van der Waals surface area contributed by atoms with Crippen LogP contribution in [0.2, 0.25) is 0 Å². The number of carbonyl (C=O) groups excluding carboxylic acids is 1. The molecule has 1 aromatic carbocycles. The molecule has 0 saturated carbocycles. The minimum Gasteiger partial charge on any atom is -0.325 e. The van der Waals surface area contributed by atoms with Crippen molar-refractivity contribution in [2.45, 2.75) is 19.9 Å². The zero-order valence-corrected chi connectivity index (χ0v) is 11.2. The van der Waals surface area contributed by atoms with Crippen LogP contribution in [0.5, 0.6) is 0 Å². The van der Waals surface area contributed by atoms with E-state index in [9.17, 15) is 9.18 Å². The Hall–Kier alpha value is -2.28. The second-order valence-corrected chi connectivity index (χ2v) is 4.77. The molecule has 2 rings (SSSR count). The first kappa shape index (κ1) is 14.1. The van der Waals surface area contributed by atoms with Crippen molar-refractivity contribution in [1.29, 1.82) is 0 Å². The molecule has 1 atom stereocenters. The number of hydrogen-bond donors (Lipinski definition) is 2. The summed E-state index contributed by atoms with van der Waals surface area (Å²) >= 11 is 0. The Morgan fingerprint density at radius 2 is 2.20 bits per heavy atom. The van der Waals surface area contributed by atoms with Crippen molar-refractivity contribution in [3.05, 3.63) is 36.7 Å². The number of amides is 1. The van der Waals surface area contributed by atoms with Crippen LogP contribution in [0.3, 0.4) is 0 Å². The SMILES string of the molecule is CC(C)[C@@H](N)C(=O)Nc1ccc(-n2cncn2)c(F)c1. The zero-order valence-electron chi connectivity index (χ0n) is 11.2. The molecule has 2 aromatic rings. The Morgan fingerprint density at radius 3 is 2.75 bits per heavy atom. The Morgan fingerprint density at radius 1 is 1.45 bits per heavy atom. The maximum atomic E-state index is 14.0. The number of aromatic nitrogens is 3. The third-order valence-corrected chi connectivity index (χ3v) is 2.90. The van der Waals surface area contributed by atoms with Gasteiger partial charge >= 0.3 is 0 Å². The lowest BCUT2D eigenvalue weighted by molar-refractivity contribution is -0.118. The van der Waals surface area contributed by atoms with Crippen LogP contribution >= 0.6 is 0 Å². The Balaban J connectivity index is 2.16. The van der Waals surface area contributed by atoms with Crippen molar-refractivity contribution in [2.75, 3.05) is 5.32 Å². The average Bonchev–Trinajstić information content (AvgIpc) is 2.91. The van der Waals surface area contributed by atoms with Gasteiger partial charge in [0, 0.05) is 5.69 Å². The topological polar surface area (TPSA) is 85.8 Å². The Labute approximate surface area is 115 Å². The van der Waals surface area contributed by atoms with E-state index in [4.69, 9.17) is 5.73 Å². The van der Waals surface area contributed by atoms with Gasteiger partial charge in [-0.2, -0.15) is 5.10 Å². The number of nitrogens with one attached hydrogen (secondary N) is 1. The Bertz CT molecular complexity index is 597. The molecule has 0 fully saturated rings. The molecular formula is C13H16FN5O. The van der Waals surface area contributed by atoms with Crippen LogP contribution in [-0.2, 0) is 4.79 Å². The first-order valence-corrected chi connectivity index (χ1v) is 6.20. The summed E-state index contributed by atoms with van der Waals surface area (Å²) < 4.78 is 15.3. The van der Waals surface area contributed by atoms with Gasteiger partial charge in [-0.1, -0.05) is 13.8 Å². The van der Waals surface area contributed by atoms with Crippen LogP contribution in [0.25, 0.3) is 5.69 Å².